The summed E-state index contributed by atoms with van der Waals surface area (Å²) < 4.78 is 9.22. The second kappa shape index (κ2) is 8.52. The van der Waals surface area contributed by atoms with Gasteiger partial charge in [-0.2, -0.15) is 0 Å². The first kappa shape index (κ1) is 16.4. The van der Waals surface area contributed by atoms with Crippen LogP contribution in [-0.2, 0) is 19.1 Å². The molecule has 0 radical (unpaired) electrons. The molecule has 1 rings (SSSR count). The van der Waals surface area contributed by atoms with Gasteiger partial charge < -0.3 is 14.8 Å². The highest BCUT2D eigenvalue weighted by atomic mass is 16.5. The van der Waals surface area contributed by atoms with E-state index in [0.717, 1.165) is 12.2 Å². The molecule has 0 heterocycles. The smallest absolute Gasteiger partial charge is 0.331 e. The van der Waals surface area contributed by atoms with E-state index in [4.69, 9.17) is 4.74 Å². The van der Waals surface area contributed by atoms with Crippen molar-refractivity contribution in [3.05, 3.63) is 48.0 Å². The van der Waals surface area contributed by atoms with Crippen LogP contribution in [0, 0.1) is 0 Å². The fourth-order valence-electron chi connectivity index (χ4n) is 1.40. The topological polar surface area (TPSA) is 81.7 Å². The molecule has 1 N–H and O–H groups in total. The Kier molecular flexibility index (Phi) is 6.67. The van der Waals surface area contributed by atoms with Crippen molar-refractivity contribution in [2.45, 2.75) is 13.0 Å². The molecule has 1 aromatic carbocycles. The lowest BCUT2D eigenvalue weighted by Crippen LogP contribution is -2.36. The molecule has 0 spiro atoms. The Morgan fingerprint density at radius 1 is 1.14 bits per heavy atom. The Bertz CT molecular complexity index is 524. The van der Waals surface area contributed by atoms with E-state index in [2.05, 4.69) is 10.1 Å². The van der Waals surface area contributed by atoms with Gasteiger partial charge in [0.2, 0.25) is 0 Å². The summed E-state index contributed by atoms with van der Waals surface area (Å²) in [7, 11) is 1.21. The Labute approximate surface area is 122 Å². The minimum absolute atomic E-state index is 0.00290. The number of hydrogen-bond donors (Lipinski definition) is 1. The summed E-state index contributed by atoms with van der Waals surface area (Å²) in [5, 5.41) is 2.70. The van der Waals surface area contributed by atoms with Gasteiger partial charge in [-0.15, -0.1) is 0 Å². The van der Waals surface area contributed by atoms with E-state index in [1.165, 1.54) is 7.11 Å². The number of rotatable bonds is 6. The Morgan fingerprint density at radius 2 is 1.76 bits per heavy atom. The highest BCUT2D eigenvalue weighted by Crippen LogP contribution is 1.99. The lowest BCUT2D eigenvalue weighted by molar-refractivity contribution is -0.139. The van der Waals surface area contributed by atoms with E-state index in [1.54, 1.807) is 31.2 Å². The van der Waals surface area contributed by atoms with Crippen LogP contribution in [0.25, 0.3) is 0 Å². The van der Waals surface area contributed by atoms with Crippen LogP contribution in [-0.4, -0.2) is 37.6 Å². The maximum Gasteiger partial charge on any atom is 0.331 e. The number of hydrogen-bond acceptors (Lipinski definition) is 5. The van der Waals surface area contributed by atoms with Crippen molar-refractivity contribution < 1.29 is 23.9 Å². The van der Waals surface area contributed by atoms with Gasteiger partial charge in [0.25, 0.3) is 5.91 Å². The van der Waals surface area contributed by atoms with E-state index < -0.39 is 11.9 Å². The molecule has 0 saturated heterocycles. The maximum atomic E-state index is 11.8. The van der Waals surface area contributed by atoms with Gasteiger partial charge in [-0.05, 0) is 19.1 Å². The SMILES string of the molecule is COC(=O)/C=C/C(=O)OC[C@H](C)NC(=O)c1ccccc1. The minimum Gasteiger partial charge on any atom is -0.466 e. The second-order valence-corrected chi connectivity index (χ2v) is 4.23. The Morgan fingerprint density at radius 3 is 2.38 bits per heavy atom. The van der Waals surface area contributed by atoms with Crippen LogP contribution in [0.3, 0.4) is 0 Å². The zero-order valence-electron chi connectivity index (χ0n) is 11.9. The molecule has 1 atom stereocenters. The molecule has 0 unspecified atom stereocenters. The number of amides is 1. The molecule has 6 heteroatoms. The van der Waals surface area contributed by atoms with E-state index in [0.29, 0.717) is 5.56 Å². The van der Waals surface area contributed by atoms with Gasteiger partial charge in [-0.1, -0.05) is 18.2 Å². The molecule has 1 amide bonds. The van der Waals surface area contributed by atoms with Crippen LogP contribution >= 0.6 is 0 Å². The summed E-state index contributed by atoms with van der Waals surface area (Å²) in [6, 6.07) is 8.36. The van der Waals surface area contributed by atoms with Crippen LogP contribution in [0.5, 0.6) is 0 Å². The molecule has 0 aromatic heterocycles. The van der Waals surface area contributed by atoms with Crippen LogP contribution in [0.4, 0.5) is 0 Å². The van der Waals surface area contributed by atoms with Crippen molar-refractivity contribution in [3.63, 3.8) is 0 Å². The summed E-state index contributed by atoms with van der Waals surface area (Å²) in [5.74, 6) is -1.57. The van der Waals surface area contributed by atoms with Crippen molar-refractivity contribution in [2.24, 2.45) is 0 Å². The third kappa shape index (κ3) is 6.38. The molecular formula is C15H17NO5. The van der Waals surface area contributed by atoms with Crippen LogP contribution < -0.4 is 5.32 Å². The number of benzene rings is 1. The molecule has 0 saturated carbocycles. The van der Waals surface area contributed by atoms with Gasteiger partial charge in [0.15, 0.2) is 0 Å². The molecule has 6 nitrogen and oxygen atoms in total. The largest absolute Gasteiger partial charge is 0.466 e. The third-order valence-electron chi connectivity index (χ3n) is 2.45. The molecule has 0 fully saturated rings. The summed E-state index contributed by atoms with van der Waals surface area (Å²) in [6.07, 6.45) is 1.94. The van der Waals surface area contributed by atoms with E-state index in [9.17, 15) is 14.4 Å². The van der Waals surface area contributed by atoms with Crippen LogP contribution in [0.1, 0.15) is 17.3 Å². The Balaban J connectivity index is 2.36. The molecular weight excluding hydrogens is 274 g/mol. The minimum atomic E-state index is -0.679. The van der Waals surface area contributed by atoms with Crippen molar-refractivity contribution in [1.29, 1.82) is 0 Å². The second-order valence-electron chi connectivity index (χ2n) is 4.23. The number of nitrogens with one attached hydrogen (secondary N) is 1. The zero-order chi connectivity index (χ0) is 15.7. The first-order valence-corrected chi connectivity index (χ1v) is 6.31. The lowest BCUT2D eigenvalue weighted by Gasteiger charge is -2.13. The number of ether oxygens (including phenoxy) is 2. The fraction of sp³-hybridized carbons (Fsp3) is 0.267. The normalized spacial score (nSPS) is 11.7. The average Bonchev–Trinajstić information content (AvgIpc) is 2.51. The van der Waals surface area contributed by atoms with Crippen LogP contribution in [0.2, 0.25) is 0 Å². The van der Waals surface area contributed by atoms with Crippen molar-refractivity contribution in [2.75, 3.05) is 13.7 Å². The van der Waals surface area contributed by atoms with Crippen LogP contribution in [0.15, 0.2) is 42.5 Å². The van der Waals surface area contributed by atoms with Gasteiger partial charge >= 0.3 is 11.9 Å². The predicted molar refractivity (Wildman–Crippen MR) is 75.5 cm³/mol. The molecule has 0 aliphatic carbocycles. The molecule has 0 aliphatic rings. The molecule has 0 aliphatic heterocycles. The van der Waals surface area contributed by atoms with E-state index in [1.807, 2.05) is 6.07 Å². The monoisotopic (exact) mass is 291 g/mol. The summed E-state index contributed by atoms with van der Waals surface area (Å²) >= 11 is 0. The van der Waals surface area contributed by atoms with E-state index >= 15 is 0 Å². The maximum absolute atomic E-state index is 11.8. The number of carbonyl (C=O) groups is 3. The Hall–Kier alpha value is -2.63. The number of carbonyl (C=O) groups excluding carboxylic acids is 3. The fourth-order valence-corrected chi connectivity index (χ4v) is 1.40. The first-order valence-electron chi connectivity index (χ1n) is 6.31. The van der Waals surface area contributed by atoms with Gasteiger partial charge in [0.1, 0.15) is 6.61 Å². The molecule has 0 bridgehead atoms. The van der Waals surface area contributed by atoms with Crippen molar-refractivity contribution >= 4 is 17.8 Å². The van der Waals surface area contributed by atoms with Gasteiger partial charge in [0.05, 0.1) is 13.2 Å². The molecule has 21 heavy (non-hydrogen) atoms. The predicted octanol–water partition coefficient (Wildman–Crippen LogP) is 1.08. The molecule has 112 valence electrons. The van der Waals surface area contributed by atoms with Gasteiger partial charge in [-0.25, -0.2) is 9.59 Å². The quantitative estimate of drug-likeness (QED) is 0.626. The molecule has 1 aromatic rings. The van der Waals surface area contributed by atoms with Gasteiger partial charge in [0, 0.05) is 17.7 Å². The zero-order valence-corrected chi connectivity index (χ0v) is 11.9. The van der Waals surface area contributed by atoms with Gasteiger partial charge in [-0.3, -0.25) is 4.79 Å². The van der Waals surface area contributed by atoms with Crippen molar-refractivity contribution in [3.8, 4) is 0 Å². The van der Waals surface area contributed by atoms with E-state index in [-0.39, 0.29) is 18.6 Å². The highest BCUT2D eigenvalue weighted by Gasteiger charge is 2.10. The van der Waals surface area contributed by atoms with Crippen molar-refractivity contribution in [1.82, 2.24) is 5.32 Å². The first-order chi connectivity index (χ1) is 10.0. The standard InChI is InChI=1S/C15H17NO5/c1-11(10-21-14(18)9-8-13(17)20-2)16-15(19)12-6-4-3-5-7-12/h3-9,11H,10H2,1-2H3,(H,16,19)/b9-8+/t11-/m0/s1. The summed E-state index contributed by atoms with van der Waals surface area (Å²) in [5.41, 5.74) is 0.529. The summed E-state index contributed by atoms with van der Waals surface area (Å²) in [6.45, 7) is 1.71. The number of esters is 2. The third-order valence-corrected chi connectivity index (χ3v) is 2.45. The highest BCUT2D eigenvalue weighted by molar-refractivity contribution is 5.94. The number of methoxy groups -OCH3 is 1. The average molecular weight is 291 g/mol. The lowest BCUT2D eigenvalue weighted by atomic mass is 10.2. The summed E-state index contributed by atoms with van der Waals surface area (Å²) in [4.78, 5) is 33.9.